The minimum Gasteiger partial charge on any atom is -0.391 e. The molecule has 0 atom stereocenters. The highest BCUT2D eigenvalue weighted by atomic mass is 16.5. The van der Waals surface area contributed by atoms with Gasteiger partial charge in [-0.05, 0) is 24.6 Å². The molecule has 2 aromatic heterocycles. The smallest absolute Gasteiger partial charge is 0.283 e. The van der Waals surface area contributed by atoms with E-state index in [0.717, 1.165) is 5.56 Å². The highest BCUT2D eigenvalue weighted by Gasteiger charge is 2.18. The molecule has 1 aliphatic rings. The Bertz CT molecular complexity index is 674. The van der Waals surface area contributed by atoms with Gasteiger partial charge in [0.1, 0.15) is 11.3 Å². The first kappa shape index (κ1) is 12.0. The van der Waals surface area contributed by atoms with Crippen LogP contribution >= 0.6 is 0 Å². The molecule has 0 bridgehead atoms. The number of aryl methyl sites for hydroxylation is 1. The maximum atomic E-state index is 12.2. The molecule has 3 heterocycles. The van der Waals surface area contributed by atoms with Crippen LogP contribution in [-0.2, 0) is 4.74 Å². The van der Waals surface area contributed by atoms with Gasteiger partial charge in [0.25, 0.3) is 5.56 Å². The van der Waals surface area contributed by atoms with Gasteiger partial charge >= 0.3 is 0 Å². The van der Waals surface area contributed by atoms with Crippen molar-refractivity contribution in [2.24, 2.45) is 0 Å². The first-order valence-corrected chi connectivity index (χ1v) is 6.28. The number of fused-ring (bicyclic) bond motifs is 1. The van der Waals surface area contributed by atoms with Gasteiger partial charge in [-0.2, -0.15) is 0 Å². The Hall–Kier alpha value is -2.08. The van der Waals surface area contributed by atoms with Crippen molar-refractivity contribution < 1.29 is 4.74 Å². The third-order valence-corrected chi connectivity index (χ3v) is 3.31. The maximum absolute atomic E-state index is 12.2. The molecule has 0 unspecified atom stereocenters. The molecular formula is C13H16N4O2. The summed E-state index contributed by atoms with van der Waals surface area (Å²) in [6, 6.07) is 3.74. The molecule has 2 aromatic rings. The van der Waals surface area contributed by atoms with Crippen LogP contribution in [0.3, 0.4) is 0 Å². The lowest BCUT2D eigenvalue weighted by atomic mass is 10.3. The van der Waals surface area contributed by atoms with Crippen molar-refractivity contribution >= 4 is 17.2 Å². The average molecular weight is 260 g/mol. The molecule has 0 aromatic carbocycles. The zero-order chi connectivity index (χ0) is 13.4. The summed E-state index contributed by atoms with van der Waals surface area (Å²) < 4.78 is 6.78. The normalized spacial score (nSPS) is 15.9. The van der Waals surface area contributed by atoms with Gasteiger partial charge in [-0.25, -0.2) is 4.98 Å². The summed E-state index contributed by atoms with van der Waals surface area (Å²) in [6.45, 7) is 4.65. The van der Waals surface area contributed by atoms with E-state index >= 15 is 0 Å². The summed E-state index contributed by atoms with van der Waals surface area (Å²) >= 11 is 0. The molecule has 3 rings (SSSR count). The van der Waals surface area contributed by atoms with Crippen LogP contribution in [0.1, 0.15) is 5.56 Å². The van der Waals surface area contributed by atoms with E-state index in [0.29, 0.717) is 37.8 Å². The molecule has 1 aliphatic heterocycles. The lowest BCUT2D eigenvalue weighted by molar-refractivity contribution is 0.122. The Kier molecular flexibility index (Phi) is 2.87. The number of aromatic nitrogens is 2. The Morgan fingerprint density at radius 3 is 2.84 bits per heavy atom. The number of rotatable bonds is 1. The second-order valence-corrected chi connectivity index (χ2v) is 4.69. The molecule has 19 heavy (non-hydrogen) atoms. The van der Waals surface area contributed by atoms with Gasteiger partial charge in [-0.15, -0.1) is 0 Å². The number of hydrogen-bond acceptors (Lipinski definition) is 5. The summed E-state index contributed by atoms with van der Waals surface area (Å²) in [6.07, 6.45) is 1.71. The van der Waals surface area contributed by atoms with E-state index in [9.17, 15) is 4.79 Å². The summed E-state index contributed by atoms with van der Waals surface area (Å²) in [7, 11) is 0. The minimum absolute atomic E-state index is 0.197. The highest BCUT2D eigenvalue weighted by Crippen LogP contribution is 2.19. The zero-order valence-electron chi connectivity index (χ0n) is 10.8. The van der Waals surface area contributed by atoms with Gasteiger partial charge < -0.3 is 15.4 Å². The summed E-state index contributed by atoms with van der Waals surface area (Å²) in [4.78, 5) is 18.8. The zero-order valence-corrected chi connectivity index (χ0v) is 10.8. The number of ether oxygens (including phenoxy) is 1. The highest BCUT2D eigenvalue weighted by molar-refractivity contribution is 5.65. The maximum Gasteiger partial charge on any atom is 0.283 e. The molecule has 1 saturated heterocycles. The van der Waals surface area contributed by atoms with Crippen molar-refractivity contribution in [3.8, 4) is 0 Å². The molecule has 0 saturated carbocycles. The van der Waals surface area contributed by atoms with Gasteiger partial charge in [0.15, 0.2) is 5.82 Å². The van der Waals surface area contributed by atoms with Crippen LogP contribution in [0.5, 0.6) is 0 Å². The number of anilines is 2. The topological polar surface area (TPSA) is 72.9 Å². The SMILES string of the molecule is Cc1ccn2c(=O)c(N)c(N3CCOCC3)nc2c1. The van der Waals surface area contributed by atoms with E-state index in [-0.39, 0.29) is 11.2 Å². The van der Waals surface area contributed by atoms with Gasteiger partial charge in [0.2, 0.25) is 0 Å². The lowest BCUT2D eigenvalue weighted by Gasteiger charge is -2.28. The average Bonchev–Trinajstić information content (AvgIpc) is 2.43. The number of nitrogens with two attached hydrogens (primary N) is 1. The van der Waals surface area contributed by atoms with Crippen molar-refractivity contribution in [2.75, 3.05) is 36.9 Å². The van der Waals surface area contributed by atoms with Crippen molar-refractivity contribution in [1.29, 1.82) is 0 Å². The van der Waals surface area contributed by atoms with E-state index < -0.39 is 0 Å². The molecule has 0 spiro atoms. The monoisotopic (exact) mass is 260 g/mol. The molecule has 2 N–H and O–H groups in total. The Balaban J connectivity index is 2.19. The van der Waals surface area contributed by atoms with Crippen LogP contribution in [0, 0.1) is 6.92 Å². The van der Waals surface area contributed by atoms with Gasteiger partial charge in [0.05, 0.1) is 13.2 Å². The standard InChI is InChI=1S/C13H16N4O2/c1-9-2-3-17-10(8-9)15-12(11(14)13(17)18)16-4-6-19-7-5-16/h2-3,8H,4-7,14H2,1H3. The molecule has 0 radical (unpaired) electrons. The third-order valence-electron chi connectivity index (χ3n) is 3.31. The number of pyridine rings is 1. The number of morpholine rings is 1. The number of hydrogen-bond donors (Lipinski definition) is 1. The second kappa shape index (κ2) is 4.55. The van der Waals surface area contributed by atoms with E-state index in [1.807, 2.05) is 24.0 Å². The van der Waals surface area contributed by atoms with E-state index in [1.54, 1.807) is 6.20 Å². The first-order valence-electron chi connectivity index (χ1n) is 6.28. The molecule has 1 fully saturated rings. The van der Waals surface area contributed by atoms with Gasteiger partial charge in [-0.3, -0.25) is 9.20 Å². The summed E-state index contributed by atoms with van der Waals surface area (Å²) in [5.41, 5.74) is 7.61. The Morgan fingerprint density at radius 2 is 2.11 bits per heavy atom. The third kappa shape index (κ3) is 2.04. The molecule has 6 heteroatoms. The predicted molar refractivity (Wildman–Crippen MR) is 73.6 cm³/mol. The summed E-state index contributed by atoms with van der Waals surface area (Å²) in [5, 5.41) is 0. The quantitative estimate of drug-likeness (QED) is 0.804. The van der Waals surface area contributed by atoms with Crippen LogP contribution < -0.4 is 16.2 Å². The van der Waals surface area contributed by atoms with E-state index in [2.05, 4.69) is 4.98 Å². The van der Waals surface area contributed by atoms with Crippen molar-refractivity contribution in [3.63, 3.8) is 0 Å². The number of nitrogens with zero attached hydrogens (tertiary/aromatic N) is 3. The van der Waals surface area contributed by atoms with Crippen molar-refractivity contribution in [3.05, 3.63) is 34.2 Å². The fourth-order valence-corrected chi connectivity index (χ4v) is 2.26. The van der Waals surface area contributed by atoms with Crippen molar-refractivity contribution in [2.45, 2.75) is 6.92 Å². The van der Waals surface area contributed by atoms with E-state index in [4.69, 9.17) is 10.5 Å². The largest absolute Gasteiger partial charge is 0.391 e. The first-order chi connectivity index (χ1) is 9.16. The lowest BCUT2D eigenvalue weighted by Crippen LogP contribution is -2.38. The number of nitrogen functional groups attached to an aromatic ring is 1. The Labute approximate surface area is 110 Å². The molecule has 0 aliphatic carbocycles. The second-order valence-electron chi connectivity index (χ2n) is 4.69. The van der Waals surface area contributed by atoms with Crippen LogP contribution in [0.4, 0.5) is 11.5 Å². The molecule has 100 valence electrons. The molecule has 6 nitrogen and oxygen atoms in total. The summed E-state index contributed by atoms with van der Waals surface area (Å²) in [5.74, 6) is 0.568. The minimum atomic E-state index is -0.216. The van der Waals surface area contributed by atoms with Gasteiger partial charge in [0, 0.05) is 19.3 Å². The van der Waals surface area contributed by atoms with Crippen LogP contribution in [0.25, 0.3) is 5.65 Å². The fourth-order valence-electron chi connectivity index (χ4n) is 2.26. The van der Waals surface area contributed by atoms with Crippen LogP contribution in [0.2, 0.25) is 0 Å². The van der Waals surface area contributed by atoms with E-state index in [1.165, 1.54) is 4.40 Å². The van der Waals surface area contributed by atoms with Crippen LogP contribution in [0.15, 0.2) is 23.1 Å². The van der Waals surface area contributed by atoms with Gasteiger partial charge in [-0.1, -0.05) is 0 Å². The Morgan fingerprint density at radius 1 is 1.37 bits per heavy atom. The predicted octanol–water partition coefficient (Wildman–Crippen LogP) is 0.422. The van der Waals surface area contributed by atoms with Crippen LogP contribution in [-0.4, -0.2) is 35.7 Å². The fraction of sp³-hybridized carbons (Fsp3) is 0.385. The molecule has 0 amide bonds. The van der Waals surface area contributed by atoms with Crippen molar-refractivity contribution in [1.82, 2.24) is 9.38 Å². The molecular weight excluding hydrogens is 244 g/mol.